The van der Waals surface area contributed by atoms with Gasteiger partial charge in [-0.3, -0.25) is 9.69 Å². The highest BCUT2D eigenvalue weighted by Crippen LogP contribution is 2.24. The van der Waals surface area contributed by atoms with E-state index in [0.717, 1.165) is 17.5 Å². The highest BCUT2D eigenvalue weighted by Gasteiger charge is 2.30. The fourth-order valence-electron chi connectivity index (χ4n) is 3.22. The molecule has 2 atom stereocenters. The Labute approximate surface area is 153 Å². The number of cyclic esters (lactones) is 1. The van der Waals surface area contributed by atoms with Crippen LogP contribution in [-0.4, -0.2) is 43.1 Å². The molecule has 1 saturated heterocycles. The molecule has 5 nitrogen and oxygen atoms in total. The lowest BCUT2D eigenvalue weighted by molar-refractivity contribution is -0.160. The van der Waals surface area contributed by atoms with Gasteiger partial charge in [0, 0.05) is 12.6 Å². The van der Waals surface area contributed by atoms with Gasteiger partial charge in [0.25, 0.3) is 0 Å². The normalized spacial score (nSPS) is 18.8. The van der Waals surface area contributed by atoms with Crippen LogP contribution >= 0.6 is 0 Å². The number of esters is 2. The molecule has 5 heteroatoms. The molecule has 1 heterocycles. The van der Waals surface area contributed by atoms with Crippen LogP contribution in [0, 0.1) is 0 Å². The van der Waals surface area contributed by atoms with Crippen LogP contribution in [0.3, 0.4) is 0 Å². The number of methoxy groups -OCH3 is 1. The molecule has 0 aliphatic carbocycles. The van der Waals surface area contributed by atoms with Gasteiger partial charge in [-0.25, -0.2) is 4.79 Å². The Balaban J connectivity index is 1.66. The molecule has 26 heavy (non-hydrogen) atoms. The highest BCUT2D eigenvalue weighted by atomic mass is 16.5. The Morgan fingerprint density at radius 3 is 2.54 bits per heavy atom. The third-order valence-electron chi connectivity index (χ3n) is 4.71. The lowest BCUT2D eigenvalue weighted by Crippen LogP contribution is -2.46. The van der Waals surface area contributed by atoms with Crippen LogP contribution in [0.2, 0.25) is 0 Å². The largest absolute Gasteiger partial charge is 0.465 e. The highest BCUT2D eigenvalue weighted by molar-refractivity contribution is 5.89. The molecule has 2 unspecified atom stereocenters. The molecule has 2 aromatic rings. The van der Waals surface area contributed by atoms with Crippen molar-refractivity contribution < 1.29 is 19.1 Å². The first-order valence-electron chi connectivity index (χ1n) is 8.72. The molecule has 1 fully saturated rings. The minimum Gasteiger partial charge on any atom is -0.465 e. The molecule has 1 aliphatic heterocycles. The Morgan fingerprint density at radius 1 is 1.19 bits per heavy atom. The summed E-state index contributed by atoms with van der Waals surface area (Å²) in [6.45, 7) is 3.08. The minimum atomic E-state index is -0.339. The van der Waals surface area contributed by atoms with Crippen molar-refractivity contribution in [1.82, 2.24) is 4.90 Å². The Hall–Kier alpha value is -2.66. The summed E-state index contributed by atoms with van der Waals surface area (Å²) in [6.07, 6.45) is 0.553. The summed E-state index contributed by atoms with van der Waals surface area (Å²) in [4.78, 5) is 25.7. The second kappa shape index (κ2) is 8.15. The lowest BCUT2D eigenvalue weighted by Gasteiger charge is -2.36. The Kier molecular flexibility index (Phi) is 5.68. The zero-order chi connectivity index (χ0) is 18.5. The molecule has 0 amide bonds. The van der Waals surface area contributed by atoms with Gasteiger partial charge in [0.05, 0.1) is 19.2 Å². The molecule has 2 aromatic carbocycles. The van der Waals surface area contributed by atoms with E-state index in [1.54, 1.807) is 12.1 Å². The van der Waals surface area contributed by atoms with Crippen molar-refractivity contribution in [2.24, 2.45) is 0 Å². The summed E-state index contributed by atoms with van der Waals surface area (Å²) in [7, 11) is 1.37. The van der Waals surface area contributed by atoms with E-state index in [1.807, 2.05) is 42.5 Å². The van der Waals surface area contributed by atoms with E-state index >= 15 is 0 Å². The number of hydrogen-bond donors (Lipinski definition) is 0. The number of hydrogen-bond acceptors (Lipinski definition) is 5. The maximum Gasteiger partial charge on any atom is 0.337 e. The van der Waals surface area contributed by atoms with Crippen LogP contribution in [0.15, 0.2) is 54.6 Å². The van der Waals surface area contributed by atoms with Gasteiger partial charge in [0.1, 0.15) is 6.10 Å². The molecule has 136 valence electrons. The van der Waals surface area contributed by atoms with Crippen molar-refractivity contribution in [3.8, 4) is 0 Å². The van der Waals surface area contributed by atoms with E-state index in [-0.39, 0.29) is 24.1 Å². The van der Waals surface area contributed by atoms with Crippen molar-refractivity contribution in [1.29, 1.82) is 0 Å². The third-order valence-corrected chi connectivity index (χ3v) is 4.71. The molecular weight excluding hydrogens is 330 g/mol. The van der Waals surface area contributed by atoms with Crippen LogP contribution in [0.5, 0.6) is 0 Å². The number of ether oxygens (including phenoxy) is 2. The lowest BCUT2D eigenvalue weighted by atomic mass is 10.0. The van der Waals surface area contributed by atoms with Crippen LogP contribution in [0.4, 0.5) is 0 Å². The minimum absolute atomic E-state index is 0.179. The van der Waals surface area contributed by atoms with E-state index in [2.05, 4.69) is 11.8 Å². The van der Waals surface area contributed by atoms with Crippen LogP contribution in [-0.2, 0) is 20.7 Å². The predicted molar refractivity (Wildman–Crippen MR) is 97.8 cm³/mol. The molecule has 3 rings (SSSR count). The summed E-state index contributed by atoms with van der Waals surface area (Å²) in [6, 6.07) is 17.4. The molecule has 0 saturated carbocycles. The average molecular weight is 353 g/mol. The van der Waals surface area contributed by atoms with Gasteiger partial charge in [0.15, 0.2) is 0 Å². The smallest absolute Gasteiger partial charge is 0.337 e. The molecule has 0 N–H and O–H groups in total. The Bertz CT molecular complexity index is 757. The van der Waals surface area contributed by atoms with Crippen LogP contribution < -0.4 is 0 Å². The van der Waals surface area contributed by atoms with Gasteiger partial charge in [-0.2, -0.15) is 0 Å². The first kappa shape index (κ1) is 18.1. The van der Waals surface area contributed by atoms with Gasteiger partial charge < -0.3 is 9.47 Å². The van der Waals surface area contributed by atoms with Crippen LogP contribution in [0.25, 0.3) is 0 Å². The van der Waals surface area contributed by atoms with Gasteiger partial charge >= 0.3 is 11.9 Å². The van der Waals surface area contributed by atoms with Crippen molar-refractivity contribution in [3.63, 3.8) is 0 Å². The Morgan fingerprint density at radius 2 is 1.88 bits per heavy atom. The van der Waals surface area contributed by atoms with E-state index < -0.39 is 0 Å². The molecule has 0 aromatic heterocycles. The number of carbonyl (C=O) groups excluding carboxylic acids is 2. The molecule has 0 bridgehead atoms. The number of rotatable bonds is 5. The number of carbonyl (C=O) groups is 2. The number of nitrogens with zero attached hydrogens (tertiary/aromatic N) is 1. The fraction of sp³-hybridized carbons (Fsp3) is 0.333. The van der Waals surface area contributed by atoms with Crippen molar-refractivity contribution >= 4 is 11.9 Å². The van der Waals surface area contributed by atoms with Gasteiger partial charge in [-0.15, -0.1) is 0 Å². The van der Waals surface area contributed by atoms with Crippen LogP contribution in [0.1, 0.15) is 34.5 Å². The zero-order valence-corrected chi connectivity index (χ0v) is 15.1. The maximum atomic E-state index is 12.1. The first-order valence-corrected chi connectivity index (χ1v) is 8.72. The number of morpholine rings is 1. The van der Waals surface area contributed by atoms with E-state index in [9.17, 15) is 9.59 Å². The maximum absolute atomic E-state index is 12.1. The molecule has 0 spiro atoms. The standard InChI is InChI=1S/C21H23NO4/c1-15(12-16-8-10-18(11-9-16)21(24)25-2)22-13-19(26-20(23)14-22)17-6-4-3-5-7-17/h3-11,15,19H,12-14H2,1-2H3. The SMILES string of the molecule is COC(=O)c1ccc(CC(C)N2CC(=O)OC(c3ccccc3)C2)cc1. The predicted octanol–water partition coefficient (Wildman–Crippen LogP) is 3.00. The third kappa shape index (κ3) is 4.29. The van der Waals surface area contributed by atoms with E-state index in [4.69, 9.17) is 9.47 Å². The second-order valence-electron chi connectivity index (χ2n) is 6.56. The van der Waals surface area contributed by atoms with E-state index in [1.165, 1.54) is 7.11 Å². The molecule has 0 radical (unpaired) electrons. The second-order valence-corrected chi connectivity index (χ2v) is 6.56. The zero-order valence-electron chi connectivity index (χ0n) is 15.1. The number of benzene rings is 2. The van der Waals surface area contributed by atoms with Gasteiger partial charge in [0.2, 0.25) is 0 Å². The summed E-state index contributed by atoms with van der Waals surface area (Å²) in [5.74, 6) is -0.535. The summed E-state index contributed by atoms with van der Waals surface area (Å²) >= 11 is 0. The van der Waals surface area contributed by atoms with E-state index in [0.29, 0.717) is 18.7 Å². The topological polar surface area (TPSA) is 55.8 Å². The van der Waals surface area contributed by atoms with Crippen molar-refractivity contribution in [2.75, 3.05) is 20.2 Å². The van der Waals surface area contributed by atoms with Crippen molar-refractivity contribution in [3.05, 3.63) is 71.3 Å². The quantitative estimate of drug-likeness (QED) is 0.774. The summed E-state index contributed by atoms with van der Waals surface area (Å²) < 4.78 is 10.2. The average Bonchev–Trinajstić information content (AvgIpc) is 2.68. The summed E-state index contributed by atoms with van der Waals surface area (Å²) in [5, 5.41) is 0. The monoisotopic (exact) mass is 353 g/mol. The van der Waals surface area contributed by atoms with Crippen molar-refractivity contribution in [2.45, 2.75) is 25.5 Å². The summed E-state index contributed by atoms with van der Waals surface area (Å²) in [5.41, 5.74) is 2.66. The van der Waals surface area contributed by atoms with Gasteiger partial charge in [-0.05, 0) is 36.6 Å². The fourth-order valence-corrected chi connectivity index (χ4v) is 3.22. The molecular formula is C21H23NO4. The van der Waals surface area contributed by atoms with Gasteiger partial charge in [-0.1, -0.05) is 42.5 Å². The molecule has 1 aliphatic rings. The first-order chi connectivity index (χ1) is 12.6.